The number of halogens is 3. The molecule has 0 aliphatic heterocycles. The predicted octanol–water partition coefficient (Wildman–Crippen LogP) is 2.64. The van der Waals surface area contributed by atoms with Crippen LogP contribution in [-0.4, -0.2) is 30.7 Å². The quantitative estimate of drug-likeness (QED) is 0.790. The molecule has 2 aliphatic carbocycles. The molecule has 0 unspecified atom stereocenters. The van der Waals surface area contributed by atoms with Crippen LogP contribution < -0.4 is 11.1 Å². The topological polar surface area (TPSA) is 89.3 Å². The third-order valence-electron chi connectivity index (χ3n) is 5.86. The fourth-order valence-corrected chi connectivity index (χ4v) is 5.14. The number of benzene rings is 1. The summed E-state index contributed by atoms with van der Waals surface area (Å²) < 4.78 is 63.5. The average Bonchev–Trinajstić information content (AvgIpc) is 3.28. The fourth-order valence-electron chi connectivity index (χ4n) is 3.36. The number of carbonyl (C=O) groups excluding carboxylic acids is 1. The Kier molecular flexibility index (Phi) is 4.62. The van der Waals surface area contributed by atoms with Gasteiger partial charge in [0.2, 0.25) is 5.91 Å². The summed E-state index contributed by atoms with van der Waals surface area (Å²) in [7, 11) is -3.99. The standard InChI is InChI=1S/C18H23F3N2O3S/c1-16(2,12-8-13(9-12)23-15(24)17(22)6-7-17)27(25,26)14-5-3-4-11(10-14)18(19,20)21/h3-5,10,12-13H,6-9,22H2,1-2H3,(H,23,24). The summed E-state index contributed by atoms with van der Waals surface area (Å²) in [6, 6.07) is 3.67. The van der Waals surface area contributed by atoms with E-state index in [1.165, 1.54) is 19.9 Å². The van der Waals surface area contributed by atoms with E-state index in [0.29, 0.717) is 31.7 Å². The second-order valence-corrected chi connectivity index (χ2v) is 10.7. The number of nitrogens with two attached hydrogens (primary N) is 1. The van der Waals surface area contributed by atoms with E-state index >= 15 is 0 Å². The van der Waals surface area contributed by atoms with Gasteiger partial charge >= 0.3 is 6.18 Å². The largest absolute Gasteiger partial charge is 0.416 e. The number of hydrogen-bond donors (Lipinski definition) is 2. The van der Waals surface area contributed by atoms with Gasteiger partial charge in [-0.1, -0.05) is 6.07 Å². The molecule has 2 saturated carbocycles. The molecular weight excluding hydrogens is 381 g/mol. The molecule has 0 spiro atoms. The first-order valence-corrected chi connectivity index (χ1v) is 10.3. The van der Waals surface area contributed by atoms with E-state index in [1.807, 2.05) is 0 Å². The van der Waals surface area contributed by atoms with Crippen LogP contribution in [0, 0.1) is 5.92 Å². The summed E-state index contributed by atoms with van der Waals surface area (Å²) >= 11 is 0. The van der Waals surface area contributed by atoms with Crippen LogP contribution in [0.3, 0.4) is 0 Å². The van der Waals surface area contributed by atoms with Crippen LogP contribution in [0.1, 0.15) is 45.1 Å². The number of rotatable bonds is 5. The Morgan fingerprint density at radius 3 is 2.33 bits per heavy atom. The molecule has 0 heterocycles. The van der Waals surface area contributed by atoms with Crippen LogP contribution in [-0.2, 0) is 20.8 Å². The Bertz CT molecular complexity index is 855. The molecule has 27 heavy (non-hydrogen) atoms. The van der Waals surface area contributed by atoms with Crippen LogP contribution >= 0.6 is 0 Å². The molecule has 1 aromatic carbocycles. The summed E-state index contributed by atoms with van der Waals surface area (Å²) in [5.41, 5.74) is 4.06. The summed E-state index contributed by atoms with van der Waals surface area (Å²) in [6.07, 6.45) is -2.42. The fraction of sp³-hybridized carbons (Fsp3) is 0.611. The van der Waals surface area contributed by atoms with Gasteiger partial charge in [0, 0.05) is 6.04 Å². The van der Waals surface area contributed by atoms with E-state index < -0.39 is 31.9 Å². The monoisotopic (exact) mass is 404 g/mol. The zero-order valence-electron chi connectivity index (χ0n) is 15.1. The van der Waals surface area contributed by atoms with Gasteiger partial charge in [-0.3, -0.25) is 4.79 Å². The summed E-state index contributed by atoms with van der Waals surface area (Å²) in [5, 5.41) is 2.83. The lowest BCUT2D eigenvalue weighted by atomic mass is 9.73. The van der Waals surface area contributed by atoms with Crippen LogP contribution in [0.4, 0.5) is 13.2 Å². The lowest BCUT2D eigenvalue weighted by Gasteiger charge is -2.45. The van der Waals surface area contributed by atoms with Crippen molar-refractivity contribution < 1.29 is 26.4 Å². The lowest BCUT2D eigenvalue weighted by molar-refractivity contribution is -0.137. The molecule has 2 aliphatic rings. The molecule has 0 aromatic heterocycles. The van der Waals surface area contributed by atoms with E-state index in [9.17, 15) is 26.4 Å². The smallest absolute Gasteiger partial charge is 0.352 e. The number of carbonyl (C=O) groups is 1. The van der Waals surface area contributed by atoms with E-state index in [-0.39, 0.29) is 22.8 Å². The Labute approximate surface area is 156 Å². The highest BCUT2D eigenvalue weighted by Crippen LogP contribution is 2.44. The van der Waals surface area contributed by atoms with Gasteiger partial charge in [0.15, 0.2) is 9.84 Å². The highest BCUT2D eigenvalue weighted by atomic mass is 32.2. The zero-order valence-corrected chi connectivity index (χ0v) is 16.0. The van der Waals surface area contributed by atoms with Crippen molar-refractivity contribution in [2.45, 2.75) is 66.9 Å². The van der Waals surface area contributed by atoms with Crippen LogP contribution in [0.5, 0.6) is 0 Å². The predicted molar refractivity (Wildman–Crippen MR) is 93.5 cm³/mol. The number of nitrogens with one attached hydrogen (secondary N) is 1. The minimum atomic E-state index is -4.61. The third-order valence-corrected chi connectivity index (χ3v) is 8.45. The summed E-state index contributed by atoms with van der Waals surface area (Å²) in [4.78, 5) is 11.6. The number of hydrogen-bond acceptors (Lipinski definition) is 4. The van der Waals surface area contributed by atoms with Gasteiger partial charge < -0.3 is 11.1 Å². The van der Waals surface area contributed by atoms with Gasteiger partial charge in [-0.25, -0.2) is 8.42 Å². The van der Waals surface area contributed by atoms with Crippen LogP contribution in [0.25, 0.3) is 0 Å². The van der Waals surface area contributed by atoms with Gasteiger partial charge in [-0.2, -0.15) is 13.2 Å². The third kappa shape index (κ3) is 3.59. The minimum absolute atomic E-state index is 0.153. The van der Waals surface area contributed by atoms with Gasteiger partial charge in [0.05, 0.1) is 20.7 Å². The molecule has 150 valence electrons. The molecule has 3 N–H and O–H groups in total. The molecule has 0 radical (unpaired) electrons. The minimum Gasteiger partial charge on any atom is -0.352 e. The van der Waals surface area contributed by atoms with E-state index in [4.69, 9.17) is 5.73 Å². The zero-order chi connectivity index (χ0) is 20.3. The van der Waals surface area contributed by atoms with Crippen molar-refractivity contribution in [3.8, 4) is 0 Å². The first kappa shape index (κ1) is 20.1. The molecule has 9 heteroatoms. The van der Waals surface area contributed by atoms with E-state index in [2.05, 4.69) is 5.32 Å². The molecular formula is C18H23F3N2O3S. The first-order chi connectivity index (χ1) is 12.3. The second-order valence-electron chi connectivity index (χ2n) is 8.13. The molecule has 2 fully saturated rings. The molecule has 0 atom stereocenters. The SMILES string of the molecule is CC(C)(C1CC(NC(=O)C2(N)CC2)C1)S(=O)(=O)c1cccc(C(F)(F)F)c1. The van der Waals surface area contributed by atoms with Crippen molar-refractivity contribution in [3.63, 3.8) is 0 Å². The average molecular weight is 404 g/mol. The number of sulfone groups is 1. The first-order valence-electron chi connectivity index (χ1n) is 8.79. The molecule has 1 aromatic rings. The normalized spacial score (nSPS) is 24.8. The van der Waals surface area contributed by atoms with Gasteiger partial charge in [0.25, 0.3) is 0 Å². The van der Waals surface area contributed by atoms with Gasteiger partial charge in [0.1, 0.15) is 0 Å². The maximum Gasteiger partial charge on any atom is 0.416 e. The molecule has 5 nitrogen and oxygen atoms in total. The highest BCUT2D eigenvalue weighted by molar-refractivity contribution is 7.92. The maximum absolute atomic E-state index is 13.0. The Hall–Kier alpha value is -1.61. The Balaban J connectivity index is 1.72. The molecule has 0 saturated heterocycles. The lowest BCUT2D eigenvalue weighted by Crippen LogP contribution is -2.56. The Morgan fingerprint density at radius 2 is 1.81 bits per heavy atom. The maximum atomic E-state index is 13.0. The Morgan fingerprint density at radius 1 is 1.22 bits per heavy atom. The van der Waals surface area contributed by atoms with Crippen LogP contribution in [0.2, 0.25) is 0 Å². The van der Waals surface area contributed by atoms with Crippen molar-refractivity contribution in [2.24, 2.45) is 11.7 Å². The van der Waals surface area contributed by atoms with Gasteiger partial charge in [-0.15, -0.1) is 0 Å². The van der Waals surface area contributed by atoms with E-state index in [1.54, 1.807) is 0 Å². The molecule has 0 bridgehead atoms. The summed E-state index contributed by atoms with van der Waals surface area (Å²) in [5.74, 6) is -0.486. The number of alkyl halides is 3. The van der Waals surface area contributed by atoms with E-state index in [0.717, 1.165) is 12.1 Å². The molecule has 1 amide bonds. The van der Waals surface area contributed by atoms with Crippen molar-refractivity contribution in [2.75, 3.05) is 0 Å². The van der Waals surface area contributed by atoms with Crippen LogP contribution in [0.15, 0.2) is 29.2 Å². The van der Waals surface area contributed by atoms with Crippen molar-refractivity contribution in [1.29, 1.82) is 0 Å². The number of amides is 1. The highest BCUT2D eigenvalue weighted by Gasteiger charge is 2.51. The van der Waals surface area contributed by atoms with Gasteiger partial charge in [-0.05, 0) is 63.6 Å². The van der Waals surface area contributed by atoms with Crippen molar-refractivity contribution >= 4 is 15.7 Å². The van der Waals surface area contributed by atoms with Crippen molar-refractivity contribution in [3.05, 3.63) is 29.8 Å². The summed E-state index contributed by atoms with van der Waals surface area (Å²) in [6.45, 7) is 3.05. The second kappa shape index (κ2) is 6.20. The van der Waals surface area contributed by atoms with Crippen molar-refractivity contribution in [1.82, 2.24) is 5.32 Å². The molecule has 3 rings (SSSR count).